The summed E-state index contributed by atoms with van der Waals surface area (Å²) in [7, 11) is -3.74. The number of carbonyl (C=O) groups excluding carboxylic acids is 1. The van der Waals surface area contributed by atoms with Crippen molar-refractivity contribution in [1.29, 1.82) is 0 Å². The minimum Gasteiger partial charge on any atom is -0.349 e. The lowest BCUT2D eigenvalue weighted by Gasteiger charge is -2.22. The van der Waals surface area contributed by atoms with Gasteiger partial charge in [0.2, 0.25) is 0 Å². The third-order valence-electron chi connectivity index (χ3n) is 4.91. The quantitative estimate of drug-likeness (QED) is 0.803. The normalized spacial score (nSPS) is 16.1. The van der Waals surface area contributed by atoms with Gasteiger partial charge in [0, 0.05) is 6.04 Å². The molecule has 0 heterocycles. The molecule has 0 radical (unpaired) electrons. The molecule has 0 saturated heterocycles. The van der Waals surface area contributed by atoms with Gasteiger partial charge in [0.1, 0.15) is 0 Å². The first kappa shape index (κ1) is 19.4. The van der Waals surface area contributed by atoms with Crippen molar-refractivity contribution >= 4 is 21.6 Å². The first-order valence-corrected chi connectivity index (χ1v) is 11.0. The molecule has 27 heavy (non-hydrogen) atoms. The molecule has 0 aromatic heterocycles. The van der Waals surface area contributed by atoms with E-state index in [9.17, 15) is 13.2 Å². The SMILES string of the molecule is O=C(NC1CCCCCCC1)c1ccccc1NS(=O)(=O)c1ccccc1. The van der Waals surface area contributed by atoms with E-state index in [2.05, 4.69) is 10.0 Å². The van der Waals surface area contributed by atoms with Crippen LogP contribution >= 0.6 is 0 Å². The van der Waals surface area contributed by atoms with Gasteiger partial charge in [0.25, 0.3) is 15.9 Å². The second-order valence-electron chi connectivity index (χ2n) is 6.98. The molecule has 1 amide bonds. The molecule has 3 rings (SSSR count). The summed E-state index contributed by atoms with van der Waals surface area (Å²) in [6.45, 7) is 0. The Bertz CT molecular complexity index is 858. The number of hydrogen-bond acceptors (Lipinski definition) is 3. The number of amides is 1. The van der Waals surface area contributed by atoms with Crippen LogP contribution < -0.4 is 10.0 Å². The summed E-state index contributed by atoms with van der Waals surface area (Å²) in [6, 6.07) is 15.0. The second-order valence-corrected chi connectivity index (χ2v) is 8.66. The molecule has 2 N–H and O–H groups in total. The first-order valence-electron chi connectivity index (χ1n) is 9.54. The van der Waals surface area contributed by atoms with E-state index < -0.39 is 10.0 Å². The van der Waals surface area contributed by atoms with Gasteiger partial charge in [-0.05, 0) is 37.1 Å². The van der Waals surface area contributed by atoms with Crippen LogP contribution in [-0.2, 0) is 10.0 Å². The zero-order valence-corrected chi connectivity index (χ0v) is 16.2. The molecule has 1 aliphatic rings. The van der Waals surface area contributed by atoms with Crippen molar-refractivity contribution in [2.75, 3.05) is 4.72 Å². The lowest BCUT2D eigenvalue weighted by Crippen LogP contribution is -2.35. The number of hydrogen-bond donors (Lipinski definition) is 2. The minimum absolute atomic E-state index is 0.150. The molecule has 144 valence electrons. The van der Waals surface area contributed by atoms with Gasteiger partial charge < -0.3 is 5.32 Å². The average molecular weight is 387 g/mol. The lowest BCUT2D eigenvalue weighted by atomic mass is 9.96. The van der Waals surface area contributed by atoms with E-state index in [1.807, 2.05) is 0 Å². The molecular weight excluding hydrogens is 360 g/mol. The van der Waals surface area contributed by atoms with Crippen LogP contribution in [0.25, 0.3) is 0 Å². The smallest absolute Gasteiger partial charge is 0.261 e. The van der Waals surface area contributed by atoms with Gasteiger partial charge in [0.15, 0.2) is 0 Å². The van der Waals surface area contributed by atoms with Crippen LogP contribution in [0, 0.1) is 0 Å². The third kappa shape index (κ3) is 5.32. The Kier molecular flexibility index (Phi) is 6.50. The van der Waals surface area contributed by atoms with Crippen LogP contribution in [-0.4, -0.2) is 20.4 Å². The van der Waals surface area contributed by atoms with Crippen molar-refractivity contribution in [2.45, 2.75) is 55.9 Å². The summed E-state index contributed by atoms with van der Waals surface area (Å²) in [5.74, 6) is -0.230. The summed E-state index contributed by atoms with van der Waals surface area (Å²) < 4.78 is 27.8. The molecule has 1 fully saturated rings. The molecule has 0 spiro atoms. The minimum atomic E-state index is -3.74. The maximum Gasteiger partial charge on any atom is 0.261 e. The Morgan fingerprint density at radius 3 is 2.11 bits per heavy atom. The summed E-state index contributed by atoms with van der Waals surface area (Å²) in [5, 5.41) is 3.10. The molecule has 0 aliphatic heterocycles. The standard InChI is InChI=1S/C21H26N2O3S/c24-21(22-17-11-5-2-1-3-6-12-17)19-15-9-10-16-20(19)23-27(25,26)18-13-7-4-8-14-18/h4,7-10,13-17,23H,1-3,5-6,11-12H2,(H,22,24). The molecule has 6 heteroatoms. The van der Waals surface area contributed by atoms with Gasteiger partial charge in [-0.3, -0.25) is 9.52 Å². The van der Waals surface area contributed by atoms with Crippen LogP contribution in [0.1, 0.15) is 55.3 Å². The monoisotopic (exact) mass is 386 g/mol. The van der Waals surface area contributed by atoms with Gasteiger partial charge in [-0.15, -0.1) is 0 Å². The average Bonchev–Trinajstić information content (AvgIpc) is 2.64. The van der Waals surface area contributed by atoms with Crippen LogP contribution in [0.3, 0.4) is 0 Å². The van der Waals surface area contributed by atoms with Gasteiger partial charge in [-0.1, -0.05) is 62.4 Å². The predicted molar refractivity (Wildman–Crippen MR) is 107 cm³/mol. The number of sulfonamides is 1. The van der Waals surface area contributed by atoms with Crippen molar-refractivity contribution in [2.24, 2.45) is 0 Å². The number of carbonyl (C=O) groups is 1. The van der Waals surface area contributed by atoms with Crippen LogP contribution in [0.2, 0.25) is 0 Å². The zero-order valence-electron chi connectivity index (χ0n) is 15.4. The van der Waals surface area contributed by atoms with E-state index in [4.69, 9.17) is 0 Å². The summed E-state index contributed by atoms with van der Waals surface area (Å²) in [5.41, 5.74) is 0.642. The Morgan fingerprint density at radius 2 is 1.41 bits per heavy atom. The molecule has 0 unspecified atom stereocenters. The van der Waals surface area contributed by atoms with Crippen LogP contribution in [0.15, 0.2) is 59.5 Å². The van der Waals surface area contributed by atoms with Crippen LogP contribution in [0.4, 0.5) is 5.69 Å². The van der Waals surface area contributed by atoms with Crippen LogP contribution in [0.5, 0.6) is 0 Å². The Labute approximate surface area is 161 Å². The highest BCUT2D eigenvalue weighted by molar-refractivity contribution is 7.92. The van der Waals surface area contributed by atoms with Gasteiger partial charge in [-0.25, -0.2) is 8.42 Å². The fourth-order valence-electron chi connectivity index (χ4n) is 3.44. The number of rotatable bonds is 5. The van der Waals surface area contributed by atoms with E-state index >= 15 is 0 Å². The topological polar surface area (TPSA) is 75.3 Å². The summed E-state index contributed by atoms with van der Waals surface area (Å²) >= 11 is 0. The first-order chi connectivity index (χ1) is 13.1. The molecule has 0 bridgehead atoms. The van der Waals surface area contributed by atoms with Crippen molar-refractivity contribution < 1.29 is 13.2 Å². The molecule has 1 aliphatic carbocycles. The maximum absolute atomic E-state index is 12.8. The molecule has 0 atom stereocenters. The van der Waals surface area contributed by atoms with E-state index in [0.29, 0.717) is 11.3 Å². The van der Waals surface area contributed by atoms with Gasteiger partial charge in [-0.2, -0.15) is 0 Å². The Balaban J connectivity index is 1.76. The number of anilines is 1. The fourth-order valence-corrected chi connectivity index (χ4v) is 4.54. The van der Waals surface area contributed by atoms with Crippen molar-refractivity contribution in [3.63, 3.8) is 0 Å². The van der Waals surface area contributed by atoms with Gasteiger partial charge in [0.05, 0.1) is 16.1 Å². The van der Waals surface area contributed by atoms with E-state index in [1.54, 1.807) is 42.5 Å². The Hall–Kier alpha value is -2.34. The highest BCUT2D eigenvalue weighted by Gasteiger charge is 2.20. The predicted octanol–water partition coefficient (Wildman–Crippen LogP) is 4.33. The zero-order chi connectivity index (χ0) is 19.1. The van der Waals surface area contributed by atoms with Crippen molar-refractivity contribution in [3.8, 4) is 0 Å². The van der Waals surface area contributed by atoms with E-state index in [0.717, 1.165) is 25.7 Å². The largest absolute Gasteiger partial charge is 0.349 e. The molecular formula is C21H26N2O3S. The maximum atomic E-state index is 12.8. The highest BCUT2D eigenvalue weighted by atomic mass is 32.2. The molecule has 5 nitrogen and oxygen atoms in total. The number of nitrogens with one attached hydrogen (secondary N) is 2. The Morgan fingerprint density at radius 1 is 0.815 bits per heavy atom. The number of benzene rings is 2. The van der Waals surface area contributed by atoms with E-state index in [1.165, 1.54) is 31.4 Å². The highest BCUT2D eigenvalue weighted by Crippen LogP contribution is 2.22. The summed E-state index contributed by atoms with van der Waals surface area (Å²) in [4.78, 5) is 13.0. The van der Waals surface area contributed by atoms with Crippen molar-refractivity contribution in [1.82, 2.24) is 5.32 Å². The van der Waals surface area contributed by atoms with E-state index in [-0.39, 0.29) is 16.8 Å². The molecule has 2 aromatic rings. The summed E-state index contributed by atoms with van der Waals surface area (Å²) in [6.07, 6.45) is 7.87. The second kappa shape index (κ2) is 9.04. The van der Waals surface area contributed by atoms with Gasteiger partial charge >= 0.3 is 0 Å². The lowest BCUT2D eigenvalue weighted by molar-refractivity contribution is 0.0931. The molecule has 1 saturated carbocycles. The third-order valence-corrected chi connectivity index (χ3v) is 6.29. The fraction of sp³-hybridized carbons (Fsp3) is 0.381. The number of para-hydroxylation sites is 1. The van der Waals surface area contributed by atoms with Crippen molar-refractivity contribution in [3.05, 3.63) is 60.2 Å². The molecule has 2 aromatic carbocycles.